The standard InChI is InChI=1S/C24H28O8/c1-13-16(12-32-24(13)25)21(14-8-17(26-2)22(30-6)18(9-14)27-3)15-10-19(28-4)23(31-7)20(11-15)29-5/h8-11,16,21H,1,12H2,2-7H3/t16-/m1/s1. The second-order valence-corrected chi connectivity index (χ2v) is 7.13. The third-order valence-corrected chi connectivity index (χ3v) is 5.60. The van der Waals surface area contributed by atoms with Gasteiger partial charge in [0.05, 0.1) is 49.3 Å². The Hall–Kier alpha value is -3.55. The summed E-state index contributed by atoms with van der Waals surface area (Å²) in [5.41, 5.74) is 2.02. The molecule has 0 N–H and O–H groups in total. The van der Waals surface area contributed by atoms with Crippen LogP contribution in [-0.2, 0) is 9.53 Å². The number of ether oxygens (including phenoxy) is 7. The lowest BCUT2D eigenvalue weighted by atomic mass is 9.78. The van der Waals surface area contributed by atoms with Crippen molar-refractivity contribution in [1.82, 2.24) is 0 Å². The van der Waals surface area contributed by atoms with Crippen molar-refractivity contribution >= 4 is 5.97 Å². The predicted octanol–water partition coefficient (Wildman–Crippen LogP) is 3.60. The van der Waals surface area contributed by atoms with Crippen molar-refractivity contribution in [3.05, 3.63) is 47.5 Å². The lowest BCUT2D eigenvalue weighted by molar-refractivity contribution is -0.135. The van der Waals surface area contributed by atoms with Gasteiger partial charge in [-0.3, -0.25) is 0 Å². The van der Waals surface area contributed by atoms with Crippen molar-refractivity contribution in [2.75, 3.05) is 49.3 Å². The van der Waals surface area contributed by atoms with E-state index in [4.69, 9.17) is 33.2 Å². The minimum absolute atomic E-state index is 0.190. The minimum atomic E-state index is -0.417. The van der Waals surface area contributed by atoms with Crippen molar-refractivity contribution in [2.24, 2.45) is 5.92 Å². The van der Waals surface area contributed by atoms with Crippen LogP contribution >= 0.6 is 0 Å². The highest BCUT2D eigenvalue weighted by Gasteiger charge is 2.38. The Morgan fingerprint density at radius 3 is 1.38 bits per heavy atom. The summed E-state index contributed by atoms with van der Waals surface area (Å²) < 4.78 is 38.4. The highest BCUT2D eigenvalue weighted by Crippen LogP contribution is 2.48. The van der Waals surface area contributed by atoms with Crippen molar-refractivity contribution in [3.63, 3.8) is 0 Å². The molecule has 3 rings (SSSR count). The molecule has 8 heteroatoms. The molecule has 1 aliphatic heterocycles. The van der Waals surface area contributed by atoms with Gasteiger partial charge in [0.15, 0.2) is 23.0 Å². The summed E-state index contributed by atoms with van der Waals surface area (Å²) in [6.07, 6.45) is 0. The normalized spacial score (nSPS) is 15.4. The van der Waals surface area contributed by atoms with Gasteiger partial charge in [0.25, 0.3) is 0 Å². The molecule has 0 saturated carbocycles. The summed E-state index contributed by atoms with van der Waals surface area (Å²) in [6, 6.07) is 7.41. The average Bonchev–Trinajstić information content (AvgIpc) is 3.15. The molecule has 2 aromatic rings. The predicted molar refractivity (Wildman–Crippen MR) is 118 cm³/mol. The summed E-state index contributed by atoms with van der Waals surface area (Å²) in [6.45, 7) is 4.17. The quantitative estimate of drug-likeness (QED) is 0.429. The van der Waals surface area contributed by atoms with E-state index in [1.165, 1.54) is 0 Å². The first-order valence-corrected chi connectivity index (χ1v) is 9.89. The largest absolute Gasteiger partial charge is 0.493 e. The molecule has 172 valence electrons. The summed E-state index contributed by atoms with van der Waals surface area (Å²) in [4.78, 5) is 12.2. The Morgan fingerprint density at radius 1 is 0.750 bits per heavy atom. The van der Waals surface area contributed by atoms with Gasteiger partial charge in [-0.1, -0.05) is 6.58 Å². The summed E-state index contributed by atoms with van der Waals surface area (Å²) >= 11 is 0. The Labute approximate surface area is 187 Å². The number of hydrogen-bond donors (Lipinski definition) is 0. The molecule has 32 heavy (non-hydrogen) atoms. The molecule has 1 saturated heterocycles. The third kappa shape index (κ3) is 4.00. The molecule has 0 aliphatic carbocycles. The van der Waals surface area contributed by atoms with Crippen LogP contribution in [0, 0.1) is 5.92 Å². The van der Waals surface area contributed by atoms with Crippen LogP contribution in [0.2, 0.25) is 0 Å². The van der Waals surface area contributed by atoms with Crippen molar-refractivity contribution < 1.29 is 38.0 Å². The topological polar surface area (TPSA) is 81.7 Å². The van der Waals surface area contributed by atoms with Gasteiger partial charge in [0.2, 0.25) is 11.5 Å². The maximum atomic E-state index is 12.2. The number of hydrogen-bond acceptors (Lipinski definition) is 8. The van der Waals surface area contributed by atoms with E-state index in [0.717, 1.165) is 11.1 Å². The first-order valence-electron chi connectivity index (χ1n) is 9.89. The highest BCUT2D eigenvalue weighted by molar-refractivity contribution is 5.90. The third-order valence-electron chi connectivity index (χ3n) is 5.60. The molecule has 8 nitrogen and oxygen atoms in total. The monoisotopic (exact) mass is 444 g/mol. The second-order valence-electron chi connectivity index (χ2n) is 7.13. The molecule has 0 aromatic heterocycles. The first-order chi connectivity index (χ1) is 15.4. The molecule has 1 heterocycles. The average molecular weight is 444 g/mol. The zero-order chi connectivity index (χ0) is 23.4. The van der Waals surface area contributed by atoms with E-state index in [1.807, 2.05) is 24.3 Å². The number of esters is 1. The van der Waals surface area contributed by atoms with Crippen molar-refractivity contribution in [3.8, 4) is 34.5 Å². The number of carbonyl (C=O) groups excluding carboxylic acids is 1. The van der Waals surface area contributed by atoms with Crippen LogP contribution < -0.4 is 28.4 Å². The van der Waals surface area contributed by atoms with E-state index in [0.29, 0.717) is 40.1 Å². The first kappa shape index (κ1) is 23.1. The maximum Gasteiger partial charge on any atom is 0.333 e. The zero-order valence-electron chi connectivity index (χ0n) is 19.1. The van der Waals surface area contributed by atoms with Crippen LogP contribution in [-0.4, -0.2) is 55.2 Å². The molecule has 0 amide bonds. The molecule has 0 bridgehead atoms. The Balaban J connectivity index is 2.28. The Morgan fingerprint density at radius 2 is 1.12 bits per heavy atom. The van der Waals surface area contributed by atoms with E-state index in [2.05, 4.69) is 6.58 Å². The number of rotatable bonds is 9. The fourth-order valence-corrected chi connectivity index (χ4v) is 4.03. The Kier molecular flexibility index (Phi) is 7.02. The van der Waals surface area contributed by atoms with Crippen LogP contribution in [0.4, 0.5) is 0 Å². The van der Waals surface area contributed by atoms with E-state index in [9.17, 15) is 4.79 Å². The Bertz CT molecular complexity index is 900. The van der Waals surface area contributed by atoms with E-state index >= 15 is 0 Å². The van der Waals surface area contributed by atoms with Gasteiger partial charge in [0, 0.05) is 17.4 Å². The molecule has 0 spiro atoms. The van der Waals surface area contributed by atoms with Crippen LogP contribution in [0.25, 0.3) is 0 Å². The van der Waals surface area contributed by atoms with Gasteiger partial charge in [-0.15, -0.1) is 0 Å². The summed E-state index contributed by atoms with van der Waals surface area (Å²) in [5.74, 6) is 1.83. The van der Waals surface area contributed by atoms with Crippen LogP contribution in [0.5, 0.6) is 34.5 Å². The number of carbonyl (C=O) groups is 1. The van der Waals surface area contributed by atoms with Gasteiger partial charge in [-0.25, -0.2) is 4.79 Å². The second kappa shape index (κ2) is 9.72. The number of methoxy groups -OCH3 is 6. The molecular weight excluding hydrogens is 416 g/mol. The molecular formula is C24H28O8. The molecule has 1 fully saturated rings. The zero-order valence-corrected chi connectivity index (χ0v) is 19.1. The van der Waals surface area contributed by atoms with Gasteiger partial charge < -0.3 is 33.2 Å². The van der Waals surface area contributed by atoms with E-state index in [-0.39, 0.29) is 18.4 Å². The van der Waals surface area contributed by atoms with Crippen molar-refractivity contribution in [1.29, 1.82) is 0 Å². The smallest absolute Gasteiger partial charge is 0.333 e. The lowest BCUT2D eigenvalue weighted by Gasteiger charge is -2.26. The fraction of sp³-hybridized carbons (Fsp3) is 0.375. The van der Waals surface area contributed by atoms with Gasteiger partial charge in [-0.05, 0) is 35.4 Å². The maximum absolute atomic E-state index is 12.2. The highest BCUT2D eigenvalue weighted by atomic mass is 16.5. The van der Waals surface area contributed by atoms with E-state index in [1.54, 1.807) is 42.7 Å². The lowest BCUT2D eigenvalue weighted by Crippen LogP contribution is -2.17. The number of cyclic esters (lactones) is 1. The minimum Gasteiger partial charge on any atom is -0.493 e. The van der Waals surface area contributed by atoms with E-state index < -0.39 is 5.97 Å². The van der Waals surface area contributed by atoms with Crippen LogP contribution in [0.3, 0.4) is 0 Å². The molecule has 1 atom stereocenters. The molecule has 0 unspecified atom stereocenters. The molecule has 0 radical (unpaired) electrons. The van der Waals surface area contributed by atoms with Crippen LogP contribution in [0.15, 0.2) is 36.4 Å². The SMILES string of the molecule is C=C1C(=O)OC[C@H]1C(c1cc(OC)c(OC)c(OC)c1)c1cc(OC)c(OC)c(OC)c1. The number of benzene rings is 2. The van der Waals surface area contributed by atoms with Crippen molar-refractivity contribution in [2.45, 2.75) is 5.92 Å². The van der Waals surface area contributed by atoms with Gasteiger partial charge in [-0.2, -0.15) is 0 Å². The molecule has 1 aliphatic rings. The summed E-state index contributed by atoms with van der Waals surface area (Å²) in [7, 11) is 9.30. The fourth-order valence-electron chi connectivity index (χ4n) is 4.03. The van der Waals surface area contributed by atoms with Gasteiger partial charge in [0.1, 0.15) is 0 Å². The van der Waals surface area contributed by atoms with Gasteiger partial charge >= 0.3 is 5.97 Å². The van der Waals surface area contributed by atoms with Crippen LogP contribution in [0.1, 0.15) is 17.0 Å². The molecule has 2 aromatic carbocycles. The summed E-state index contributed by atoms with van der Waals surface area (Å²) in [5, 5.41) is 0.